The molecule has 23 heavy (non-hydrogen) atoms. The Kier molecular flexibility index (Phi) is 6.23. The molecule has 1 aliphatic rings. The maximum Gasteiger partial charge on any atom is 0.335 e. The summed E-state index contributed by atoms with van der Waals surface area (Å²) in [6.45, 7) is 6.52. The number of carbonyl (C=O) groups is 1. The standard InChI is InChI=1S/C20H30O3/c1-15(2)17-11-13-20(3,14-12-17)23-19(22)18(21)10-9-16-7-5-4-6-8-16/h4-8,15,17-18,21H,9-14H2,1-3H3/t17?,18-,20?/m1/s1. The smallest absolute Gasteiger partial charge is 0.335 e. The molecule has 0 unspecified atom stereocenters. The number of aryl methyl sites for hydroxylation is 1. The van der Waals surface area contributed by atoms with Crippen LogP contribution in [0.1, 0.15) is 58.4 Å². The van der Waals surface area contributed by atoms with Crippen molar-refractivity contribution in [2.45, 2.75) is 71.0 Å². The summed E-state index contributed by atoms with van der Waals surface area (Å²) in [5.74, 6) is 0.947. The molecule has 1 atom stereocenters. The lowest BCUT2D eigenvalue weighted by Gasteiger charge is -2.38. The van der Waals surface area contributed by atoms with E-state index in [1.54, 1.807) is 0 Å². The molecule has 3 heteroatoms. The zero-order chi connectivity index (χ0) is 16.9. The molecule has 2 rings (SSSR count). The molecular weight excluding hydrogens is 288 g/mol. The van der Waals surface area contributed by atoms with Gasteiger partial charge in [-0.2, -0.15) is 0 Å². The summed E-state index contributed by atoms with van der Waals surface area (Å²) in [5, 5.41) is 10.1. The Balaban J connectivity index is 1.79. The predicted octanol–water partition coefficient (Wildman–Crippen LogP) is 4.13. The van der Waals surface area contributed by atoms with Crippen LogP contribution in [0.5, 0.6) is 0 Å². The van der Waals surface area contributed by atoms with Crippen molar-refractivity contribution in [2.75, 3.05) is 0 Å². The van der Waals surface area contributed by atoms with E-state index in [2.05, 4.69) is 13.8 Å². The fourth-order valence-corrected chi connectivity index (χ4v) is 3.40. The topological polar surface area (TPSA) is 46.5 Å². The Morgan fingerprint density at radius 3 is 2.43 bits per heavy atom. The first kappa shape index (κ1) is 18.0. The van der Waals surface area contributed by atoms with Gasteiger partial charge < -0.3 is 9.84 Å². The number of hydrogen-bond donors (Lipinski definition) is 1. The van der Waals surface area contributed by atoms with Crippen LogP contribution in [0.15, 0.2) is 30.3 Å². The van der Waals surface area contributed by atoms with Gasteiger partial charge in [0.2, 0.25) is 0 Å². The van der Waals surface area contributed by atoms with Crippen LogP contribution in [-0.2, 0) is 16.0 Å². The zero-order valence-corrected chi connectivity index (χ0v) is 14.6. The van der Waals surface area contributed by atoms with Crippen molar-refractivity contribution in [1.29, 1.82) is 0 Å². The fourth-order valence-electron chi connectivity index (χ4n) is 3.40. The minimum atomic E-state index is -1.03. The van der Waals surface area contributed by atoms with Crippen LogP contribution in [0, 0.1) is 11.8 Å². The highest BCUT2D eigenvalue weighted by molar-refractivity contribution is 5.74. The fraction of sp³-hybridized carbons (Fsp3) is 0.650. The van der Waals surface area contributed by atoms with E-state index in [9.17, 15) is 9.90 Å². The summed E-state index contributed by atoms with van der Waals surface area (Å²) in [6, 6.07) is 9.91. The maximum absolute atomic E-state index is 12.2. The largest absolute Gasteiger partial charge is 0.457 e. The van der Waals surface area contributed by atoms with Gasteiger partial charge in [0.15, 0.2) is 6.10 Å². The summed E-state index contributed by atoms with van der Waals surface area (Å²) in [7, 11) is 0. The molecule has 0 bridgehead atoms. The Labute approximate surface area is 140 Å². The predicted molar refractivity (Wildman–Crippen MR) is 92.1 cm³/mol. The van der Waals surface area contributed by atoms with E-state index in [1.807, 2.05) is 37.3 Å². The number of benzene rings is 1. The van der Waals surface area contributed by atoms with Gasteiger partial charge in [0.25, 0.3) is 0 Å². The SMILES string of the molecule is CC(C)C1CCC(C)(OC(=O)[C@H](O)CCc2ccccc2)CC1. The average molecular weight is 318 g/mol. The molecule has 1 aliphatic carbocycles. The number of ether oxygens (including phenoxy) is 1. The number of rotatable bonds is 6. The van der Waals surface area contributed by atoms with Gasteiger partial charge in [0.1, 0.15) is 5.60 Å². The molecule has 0 spiro atoms. The van der Waals surface area contributed by atoms with Crippen LogP contribution in [0.25, 0.3) is 0 Å². The van der Waals surface area contributed by atoms with Crippen molar-refractivity contribution in [3.05, 3.63) is 35.9 Å². The van der Waals surface area contributed by atoms with Crippen LogP contribution in [0.4, 0.5) is 0 Å². The Bertz CT molecular complexity index is 487. The van der Waals surface area contributed by atoms with Crippen molar-refractivity contribution in [3.63, 3.8) is 0 Å². The first-order chi connectivity index (χ1) is 10.9. The highest BCUT2D eigenvalue weighted by Gasteiger charge is 2.36. The van der Waals surface area contributed by atoms with Crippen molar-refractivity contribution in [3.8, 4) is 0 Å². The summed E-state index contributed by atoms with van der Waals surface area (Å²) in [6.07, 6.45) is 4.05. The number of hydrogen-bond acceptors (Lipinski definition) is 3. The average Bonchev–Trinajstić information content (AvgIpc) is 2.53. The molecule has 128 valence electrons. The first-order valence-electron chi connectivity index (χ1n) is 8.84. The van der Waals surface area contributed by atoms with E-state index in [0.29, 0.717) is 18.8 Å². The van der Waals surface area contributed by atoms with Crippen LogP contribution in [0.3, 0.4) is 0 Å². The molecule has 1 N–H and O–H groups in total. The van der Waals surface area contributed by atoms with E-state index >= 15 is 0 Å². The molecule has 3 nitrogen and oxygen atoms in total. The molecule has 0 heterocycles. The molecular formula is C20H30O3. The lowest BCUT2D eigenvalue weighted by Crippen LogP contribution is -2.40. The van der Waals surface area contributed by atoms with Gasteiger partial charge >= 0.3 is 5.97 Å². The second-order valence-corrected chi connectivity index (χ2v) is 7.49. The highest BCUT2D eigenvalue weighted by atomic mass is 16.6. The Morgan fingerprint density at radius 1 is 1.26 bits per heavy atom. The molecule has 0 aliphatic heterocycles. The minimum absolute atomic E-state index is 0.407. The van der Waals surface area contributed by atoms with E-state index in [4.69, 9.17) is 4.74 Å². The van der Waals surface area contributed by atoms with Crippen LogP contribution >= 0.6 is 0 Å². The summed E-state index contributed by atoms with van der Waals surface area (Å²) in [4.78, 5) is 12.2. The van der Waals surface area contributed by atoms with Crippen LogP contribution in [-0.4, -0.2) is 22.8 Å². The van der Waals surface area contributed by atoms with Gasteiger partial charge in [-0.15, -0.1) is 0 Å². The summed E-state index contributed by atoms with van der Waals surface area (Å²) in [5.41, 5.74) is 0.721. The molecule has 1 aromatic carbocycles. The normalized spacial score (nSPS) is 26.0. The molecule has 1 saturated carbocycles. The van der Waals surface area contributed by atoms with Gasteiger partial charge in [-0.25, -0.2) is 4.79 Å². The second-order valence-electron chi connectivity index (χ2n) is 7.49. The molecule has 0 radical (unpaired) electrons. The molecule has 0 aromatic heterocycles. The van der Waals surface area contributed by atoms with Gasteiger partial charge in [0, 0.05) is 0 Å². The number of esters is 1. The van der Waals surface area contributed by atoms with Crippen LogP contribution in [0.2, 0.25) is 0 Å². The van der Waals surface area contributed by atoms with E-state index < -0.39 is 17.7 Å². The zero-order valence-electron chi connectivity index (χ0n) is 14.6. The van der Waals surface area contributed by atoms with Crippen molar-refractivity contribution in [2.24, 2.45) is 11.8 Å². The molecule has 0 saturated heterocycles. The molecule has 0 amide bonds. The first-order valence-corrected chi connectivity index (χ1v) is 8.84. The van der Waals surface area contributed by atoms with Gasteiger partial charge in [-0.1, -0.05) is 44.2 Å². The summed E-state index contributed by atoms with van der Waals surface area (Å²) >= 11 is 0. The highest BCUT2D eigenvalue weighted by Crippen LogP contribution is 2.38. The third kappa shape index (κ3) is 5.35. The van der Waals surface area contributed by atoms with E-state index in [-0.39, 0.29) is 0 Å². The Morgan fingerprint density at radius 2 is 1.87 bits per heavy atom. The van der Waals surface area contributed by atoms with E-state index in [0.717, 1.165) is 37.2 Å². The minimum Gasteiger partial charge on any atom is -0.457 e. The quantitative estimate of drug-likeness (QED) is 0.802. The lowest BCUT2D eigenvalue weighted by molar-refractivity contribution is -0.172. The number of aliphatic hydroxyl groups is 1. The van der Waals surface area contributed by atoms with Crippen molar-refractivity contribution < 1.29 is 14.6 Å². The lowest BCUT2D eigenvalue weighted by atomic mass is 9.75. The molecule has 1 aromatic rings. The van der Waals surface area contributed by atoms with Crippen molar-refractivity contribution in [1.82, 2.24) is 0 Å². The van der Waals surface area contributed by atoms with Crippen LogP contribution < -0.4 is 0 Å². The van der Waals surface area contributed by atoms with Crippen molar-refractivity contribution >= 4 is 5.97 Å². The maximum atomic E-state index is 12.2. The number of aliphatic hydroxyl groups excluding tert-OH is 1. The Hall–Kier alpha value is -1.35. The third-order valence-electron chi connectivity index (χ3n) is 5.20. The van der Waals surface area contributed by atoms with Gasteiger partial charge in [-0.05, 0) is 62.8 Å². The number of carbonyl (C=O) groups excluding carboxylic acids is 1. The molecule has 1 fully saturated rings. The second kappa shape index (κ2) is 7.96. The van der Waals surface area contributed by atoms with Gasteiger partial charge in [-0.3, -0.25) is 0 Å². The van der Waals surface area contributed by atoms with E-state index in [1.165, 1.54) is 0 Å². The third-order valence-corrected chi connectivity index (χ3v) is 5.20. The van der Waals surface area contributed by atoms with Gasteiger partial charge in [0.05, 0.1) is 0 Å². The monoisotopic (exact) mass is 318 g/mol. The summed E-state index contributed by atoms with van der Waals surface area (Å²) < 4.78 is 5.67.